The minimum atomic E-state index is -4.45. The van der Waals surface area contributed by atoms with Gasteiger partial charge in [-0.2, -0.15) is 13.2 Å². The summed E-state index contributed by atoms with van der Waals surface area (Å²) in [5, 5.41) is 8.26. The van der Waals surface area contributed by atoms with Crippen molar-refractivity contribution in [2.24, 2.45) is 4.99 Å². The van der Waals surface area contributed by atoms with E-state index in [1.807, 2.05) is 0 Å². The Labute approximate surface area is 89.7 Å². The molecule has 0 saturated carbocycles. The predicted octanol–water partition coefficient (Wildman–Crippen LogP) is 2.14. The van der Waals surface area contributed by atoms with E-state index in [1.165, 1.54) is 12.2 Å². The van der Waals surface area contributed by atoms with Crippen molar-refractivity contribution in [2.75, 3.05) is 6.61 Å². The van der Waals surface area contributed by atoms with Gasteiger partial charge in [-0.1, -0.05) is 12.2 Å². The summed E-state index contributed by atoms with van der Waals surface area (Å²) in [6.07, 6.45) is -1.12. The van der Waals surface area contributed by atoms with E-state index < -0.39 is 18.8 Å². The quantitative estimate of drug-likeness (QED) is 0.437. The van der Waals surface area contributed by atoms with Gasteiger partial charge in [-0.05, 0) is 12.8 Å². The van der Waals surface area contributed by atoms with Crippen molar-refractivity contribution >= 4 is 12.7 Å². The highest BCUT2D eigenvalue weighted by Gasteiger charge is 2.28. The van der Waals surface area contributed by atoms with Crippen molar-refractivity contribution in [3.05, 3.63) is 24.1 Å². The molecule has 0 aliphatic rings. The summed E-state index contributed by atoms with van der Waals surface area (Å²) in [6.45, 7) is 1.55. The lowest BCUT2D eigenvalue weighted by Gasteiger charge is -2.07. The molecule has 0 heterocycles. The third-order valence-corrected chi connectivity index (χ3v) is 1.21. The lowest BCUT2D eigenvalue weighted by atomic mass is 10.4. The molecule has 4 nitrogen and oxygen atoms in total. The van der Waals surface area contributed by atoms with Gasteiger partial charge in [0.2, 0.25) is 5.88 Å². The van der Waals surface area contributed by atoms with E-state index in [9.17, 15) is 18.0 Å². The molecule has 0 aromatic rings. The number of ether oxygens (including phenoxy) is 1. The van der Waals surface area contributed by atoms with Gasteiger partial charge in [0.25, 0.3) is 0 Å². The van der Waals surface area contributed by atoms with E-state index in [1.54, 1.807) is 0 Å². The monoisotopic (exact) mass is 237 g/mol. The van der Waals surface area contributed by atoms with Crippen LogP contribution in [0.15, 0.2) is 29.1 Å². The van der Waals surface area contributed by atoms with Crippen molar-refractivity contribution < 1.29 is 27.8 Å². The SMILES string of the molecule is C=N/C(=C\C=C/CC(=O)O)OCC(F)(F)F. The maximum absolute atomic E-state index is 11.7. The van der Waals surface area contributed by atoms with Crippen LogP contribution < -0.4 is 0 Å². The van der Waals surface area contributed by atoms with Gasteiger partial charge in [-0.25, -0.2) is 4.99 Å². The van der Waals surface area contributed by atoms with E-state index in [2.05, 4.69) is 16.4 Å². The van der Waals surface area contributed by atoms with E-state index in [-0.39, 0.29) is 12.3 Å². The molecule has 0 amide bonds. The number of aliphatic carboxylic acids is 1. The lowest BCUT2D eigenvalue weighted by molar-refractivity contribution is -0.164. The molecule has 0 rings (SSSR count). The average molecular weight is 237 g/mol. The maximum Gasteiger partial charge on any atom is 0.422 e. The zero-order chi connectivity index (χ0) is 12.6. The second-order valence-electron chi connectivity index (χ2n) is 2.59. The summed E-state index contributed by atoms with van der Waals surface area (Å²) in [5.41, 5.74) is 0. The number of carboxylic acids is 1. The van der Waals surface area contributed by atoms with Gasteiger partial charge < -0.3 is 9.84 Å². The first-order valence-corrected chi connectivity index (χ1v) is 4.10. The van der Waals surface area contributed by atoms with Gasteiger partial charge in [0, 0.05) is 0 Å². The Balaban J connectivity index is 4.17. The topological polar surface area (TPSA) is 58.9 Å². The Hall–Kier alpha value is -1.79. The molecule has 0 spiro atoms. The smallest absolute Gasteiger partial charge is 0.422 e. The molecule has 0 radical (unpaired) electrons. The number of nitrogens with zero attached hydrogens (tertiary/aromatic N) is 1. The number of carboxylic acid groups (broad SMARTS) is 1. The van der Waals surface area contributed by atoms with E-state index in [4.69, 9.17) is 5.11 Å². The van der Waals surface area contributed by atoms with Crippen LogP contribution in [0.5, 0.6) is 0 Å². The van der Waals surface area contributed by atoms with Crippen molar-refractivity contribution in [3.8, 4) is 0 Å². The fourth-order valence-corrected chi connectivity index (χ4v) is 0.621. The van der Waals surface area contributed by atoms with Gasteiger partial charge >= 0.3 is 12.1 Å². The summed E-state index contributed by atoms with van der Waals surface area (Å²) < 4.78 is 39.5. The van der Waals surface area contributed by atoms with Crippen LogP contribution in [0.25, 0.3) is 0 Å². The van der Waals surface area contributed by atoms with E-state index in [0.717, 1.165) is 6.08 Å². The van der Waals surface area contributed by atoms with Crippen LogP contribution in [0, 0.1) is 0 Å². The van der Waals surface area contributed by atoms with Crippen molar-refractivity contribution in [1.29, 1.82) is 0 Å². The minimum absolute atomic E-state index is 0.236. The number of hydrogen-bond donors (Lipinski definition) is 1. The third-order valence-electron chi connectivity index (χ3n) is 1.21. The Kier molecular flexibility index (Phi) is 5.91. The number of aliphatic imine (C=N–C) groups is 1. The summed E-state index contributed by atoms with van der Waals surface area (Å²) in [7, 11) is 0. The maximum atomic E-state index is 11.7. The summed E-state index contributed by atoms with van der Waals surface area (Å²) in [5.74, 6) is -1.37. The molecule has 7 heteroatoms. The molecule has 0 aromatic heterocycles. The van der Waals surface area contributed by atoms with Crippen LogP contribution in [-0.2, 0) is 9.53 Å². The Morgan fingerprint density at radius 2 is 2.12 bits per heavy atom. The van der Waals surface area contributed by atoms with Crippen LogP contribution in [0.2, 0.25) is 0 Å². The largest absolute Gasteiger partial charge is 0.481 e. The molecular formula is C9H10F3NO3. The van der Waals surface area contributed by atoms with Gasteiger partial charge in [0.1, 0.15) is 0 Å². The molecule has 0 bridgehead atoms. The van der Waals surface area contributed by atoms with E-state index >= 15 is 0 Å². The van der Waals surface area contributed by atoms with Crippen LogP contribution in [0.3, 0.4) is 0 Å². The predicted molar refractivity (Wildman–Crippen MR) is 51.0 cm³/mol. The number of alkyl halides is 3. The zero-order valence-corrected chi connectivity index (χ0v) is 8.20. The highest BCUT2D eigenvalue weighted by atomic mass is 19.4. The lowest BCUT2D eigenvalue weighted by Crippen LogP contribution is -2.16. The number of allylic oxidation sites excluding steroid dienone is 2. The second-order valence-corrected chi connectivity index (χ2v) is 2.59. The summed E-state index contributed by atoms with van der Waals surface area (Å²) in [4.78, 5) is 13.3. The molecule has 90 valence electrons. The van der Waals surface area contributed by atoms with Crippen molar-refractivity contribution in [3.63, 3.8) is 0 Å². The molecule has 0 unspecified atom stereocenters. The Morgan fingerprint density at radius 3 is 2.56 bits per heavy atom. The van der Waals surface area contributed by atoms with Gasteiger partial charge in [0.15, 0.2) is 6.61 Å². The highest BCUT2D eigenvalue weighted by molar-refractivity contribution is 5.68. The third kappa shape index (κ3) is 8.79. The van der Waals surface area contributed by atoms with Crippen molar-refractivity contribution in [2.45, 2.75) is 12.6 Å². The number of hydrogen-bond acceptors (Lipinski definition) is 3. The average Bonchev–Trinajstić information content (AvgIpc) is 2.15. The number of carbonyl (C=O) groups is 1. The first-order chi connectivity index (χ1) is 7.35. The molecule has 0 atom stereocenters. The van der Waals surface area contributed by atoms with Crippen LogP contribution in [0.1, 0.15) is 6.42 Å². The van der Waals surface area contributed by atoms with E-state index in [0.29, 0.717) is 0 Å². The Morgan fingerprint density at radius 1 is 1.50 bits per heavy atom. The van der Waals surface area contributed by atoms with Gasteiger partial charge in [-0.3, -0.25) is 4.79 Å². The number of halogens is 3. The summed E-state index contributed by atoms with van der Waals surface area (Å²) >= 11 is 0. The molecular weight excluding hydrogens is 227 g/mol. The molecule has 16 heavy (non-hydrogen) atoms. The minimum Gasteiger partial charge on any atom is -0.481 e. The molecule has 0 saturated heterocycles. The highest BCUT2D eigenvalue weighted by Crippen LogP contribution is 2.16. The molecule has 0 aromatic carbocycles. The van der Waals surface area contributed by atoms with Gasteiger partial charge in [0.05, 0.1) is 6.42 Å². The van der Waals surface area contributed by atoms with Gasteiger partial charge in [-0.15, -0.1) is 0 Å². The van der Waals surface area contributed by atoms with Crippen LogP contribution in [0.4, 0.5) is 13.2 Å². The fourth-order valence-electron chi connectivity index (χ4n) is 0.621. The van der Waals surface area contributed by atoms with Crippen LogP contribution in [-0.4, -0.2) is 30.6 Å². The van der Waals surface area contributed by atoms with Crippen LogP contribution >= 0.6 is 0 Å². The van der Waals surface area contributed by atoms with Crippen molar-refractivity contribution in [1.82, 2.24) is 0 Å². The molecule has 1 N–H and O–H groups in total. The molecule has 0 aliphatic carbocycles. The molecule has 0 fully saturated rings. The second kappa shape index (κ2) is 6.65. The first kappa shape index (κ1) is 14.2. The number of rotatable bonds is 6. The fraction of sp³-hybridized carbons (Fsp3) is 0.333. The first-order valence-electron chi connectivity index (χ1n) is 4.10. The Bertz CT molecular complexity index is 308. The molecule has 0 aliphatic heterocycles. The standard InChI is InChI=1S/C9H10F3NO3/c1-13-7(16-6-9(10,11)12)4-2-3-5-8(14)15/h2-4H,1,5-6H2,(H,14,15)/b3-2-,7-4+. The summed E-state index contributed by atoms with van der Waals surface area (Å²) in [6, 6.07) is 0. The normalized spacial score (nSPS) is 12.8. The zero-order valence-electron chi connectivity index (χ0n) is 8.20.